The van der Waals surface area contributed by atoms with Gasteiger partial charge in [-0.2, -0.15) is 4.98 Å². The van der Waals surface area contributed by atoms with Crippen molar-refractivity contribution in [3.05, 3.63) is 71.1 Å². The maximum absolute atomic E-state index is 12.2. The molecule has 2 aromatic carbocycles. The number of nitrogens with one attached hydrogen (secondary N) is 1. The van der Waals surface area contributed by atoms with Gasteiger partial charge in [-0.25, -0.2) is 4.79 Å². The van der Waals surface area contributed by atoms with E-state index in [-0.39, 0.29) is 0 Å². The van der Waals surface area contributed by atoms with Gasteiger partial charge in [0.25, 0.3) is 0 Å². The summed E-state index contributed by atoms with van der Waals surface area (Å²) in [4.78, 5) is 19.1. The van der Waals surface area contributed by atoms with Gasteiger partial charge in [0.2, 0.25) is 0 Å². The lowest BCUT2D eigenvalue weighted by atomic mass is 10.1. The highest BCUT2D eigenvalue weighted by atomic mass is 16.5. The van der Waals surface area contributed by atoms with Crippen LogP contribution in [0.4, 0.5) is 0 Å². The fourth-order valence-corrected chi connectivity index (χ4v) is 2.91. The molecular formula is C22H20N2O3. The topological polar surface area (TPSA) is 68.1 Å². The monoisotopic (exact) mass is 360 g/mol. The highest BCUT2D eigenvalue weighted by Gasteiger charge is 2.13. The molecular weight excluding hydrogens is 340 g/mol. The molecule has 27 heavy (non-hydrogen) atoms. The number of H-pyrrole nitrogens is 1. The van der Waals surface area contributed by atoms with Crippen LogP contribution in [0.3, 0.4) is 0 Å². The van der Waals surface area contributed by atoms with Gasteiger partial charge in [-0.15, -0.1) is 0 Å². The second-order valence-corrected chi connectivity index (χ2v) is 6.83. The van der Waals surface area contributed by atoms with Crippen LogP contribution in [-0.2, 0) is 0 Å². The summed E-state index contributed by atoms with van der Waals surface area (Å²) in [6.45, 7) is 4.79. The highest BCUT2D eigenvalue weighted by Crippen LogP contribution is 2.31. The maximum Gasteiger partial charge on any atom is 0.346 e. The minimum atomic E-state index is -0.429. The number of nitrogens with zero attached hydrogens (tertiary/aromatic N) is 1. The van der Waals surface area contributed by atoms with Gasteiger partial charge in [0.05, 0.1) is 12.3 Å². The number of fused-ring (bicyclic) bond motifs is 1. The van der Waals surface area contributed by atoms with E-state index in [1.807, 2.05) is 60.7 Å². The summed E-state index contributed by atoms with van der Waals surface area (Å²) < 4.78 is 11.8. The first-order valence-corrected chi connectivity index (χ1v) is 8.92. The number of aromatic nitrogens is 2. The maximum atomic E-state index is 12.2. The van der Waals surface area contributed by atoms with E-state index in [1.54, 1.807) is 0 Å². The first kappa shape index (κ1) is 17.1. The number of benzene rings is 2. The summed E-state index contributed by atoms with van der Waals surface area (Å²) in [7, 11) is 0. The normalized spacial score (nSPS) is 11.2. The SMILES string of the molecule is CC(C)COc1ccccc1-c1cc(-c2cc3ccccc3o2)nc(=O)[nH]1. The Balaban J connectivity index is 1.78. The van der Waals surface area contributed by atoms with Gasteiger partial charge < -0.3 is 14.1 Å². The molecule has 2 aromatic heterocycles. The third kappa shape index (κ3) is 3.62. The van der Waals surface area contributed by atoms with Crippen LogP contribution in [0.25, 0.3) is 33.7 Å². The lowest BCUT2D eigenvalue weighted by Crippen LogP contribution is -2.12. The largest absolute Gasteiger partial charge is 0.493 e. The Kier molecular flexibility index (Phi) is 4.50. The number of aromatic amines is 1. The Morgan fingerprint density at radius 3 is 2.67 bits per heavy atom. The van der Waals surface area contributed by atoms with Gasteiger partial charge in [-0.1, -0.05) is 44.2 Å². The van der Waals surface area contributed by atoms with Crippen molar-refractivity contribution in [2.24, 2.45) is 5.92 Å². The lowest BCUT2D eigenvalue weighted by Gasteiger charge is -2.13. The molecule has 136 valence electrons. The molecule has 4 aromatic rings. The van der Waals surface area contributed by atoms with Crippen molar-refractivity contribution in [3.63, 3.8) is 0 Å². The van der Waals surface area contributed by atoms with E-state index in [0.29, 0.717) is 29.7 Å². The number of para-hydroxylation sites is 2. The second-order valence-electron chi connectivity index (χ2n) is 6.83. The summed E-state index contributed by atoms with van der Waals surface area (Å²) in [5.41, 5.74) is 2.28. The smallest absolute Gasteiger partial charge is 0.346 e. The average molecular weight is 360 g/mol. The molecule has 0 fully saturated rings. The fraction of sp³-hybridized carbons (Fsp3) is 0.182. The van der Waals surface area contributed by atoms with Crippen LogP contribution in [0.5, 0.6) is 5.75 Å². The van der Waals surface area contributed by atoms with E-state index in [2.05, 4.69) is 23.8 Å². The third-order valence-electron chi connectivity index (χ3n) is 4.17. The van der Waals surface area contributed by atoms with Crippen LogP contribution in [0.15, 0.2) is 69.9 Å². The molecule has 5 heteroatoms. The summed E-state index contributed by atoms with van der Waals surface area (Å²) in [5, 5.41) is 0.969. The molecule has 0 amide bonds. The van der Waals surface area contributed by atoms with Crippen molar-refractivity contribution in [2.75, 3.05) is 6.61 Å². The van der Waals surface area contributed by atoms with Gasteiger partial charge in [0.1, 0.15) is 17.0 Å². The Labute approximate surface area is 156 Å². The van der Waals surface area contributed by atoms with Crippen LogP contribution in [0.2, 0.25) is 0 Å². The van der Waals surface area contributed by atoms with E-state index < -0.39 is 5.69 Å². The van der Waals surface area contributed by atoms with Gasteiger partial charge in [-0.05, 0) is 36.2 Å². The Morgan fingerprint density at radius 2 is 1.85 bits per heavy atom. The van der Waals surface area contributed by atoms with Crippen molar-refractivity contribution in [2.45, 2.75) is 13.8 Å². The molecule has 5 nitrogen and oxygen atoms in total. The fourth-order valence-electron chi connectivity index (χ4n) is 2.91. The van der Waals surface area contributed by atoms with E-state index in [4.69, 9.17) is 9.15 Å². The molecule has 0 aliphatic rings. The number of hydrogen-bond donors (Lipinski definition) is 1. The standard InChI is InChI=1S/C22H20N2O3/c1-14(2)13-26-20-10-6-4-8-16(20)17-12-18(24-22(25)23-17)21-11-15-7-3-5-9-19(15)27-21/h3-12,14H,13H2,1-2H3,(H,23,24,25). The van der Waals surface area contributed by atoms with E-state index in [0.717, 1.165) is 22.3 Å². The van der Waals surface area contributed by atoms with E-state index in [9.17, 15) is 4.79 Å². The molecule has 0 aliphatic heterocycles. The summed E-state index contributed by atoms with van der Waals surface area (Å²) in [6.07, 6.45) is 0. The van der Waals surface area contributed by atoms with Crippen LogP contribution in [-0.4, -0.2) is 16.6 Å². The van der Waals surface area contributed by atoms with Gasteiger partial charge >= 0.3 is 5.69 Å². The third-order valence-corrected chi connectivity index (χ3v) is 4.17. The van der Waals surface area contributed by atoms with Crippen LogP contribution in [0, 0.1) is 5.92 Å². The van der Waals surface area contributed by atoms with Crippen LogP contribution >= 0.6 is 0 Å². The average Bonchev–Trinajstić information content (AvgIpc) is 3.10. The summed E-state index contributed by atoms with van der Waals surface area (Å²) in [6, 6.07) is 19.1. The summed E-state index contributed by atoms with van der Waals surface area (Å²) >= 11 is 0. The Bertz CT molecular complexity index is 1110. The predicted octanol–water partition coefficient (Wildman–Crippen LogP) is 4.88. The Hall–Kier alpha value is -3.34. The second kappa shape index (κ2) is 7.11. The van der Waals surface area contributed by atoms with Crippen molar-refractivity contribution >= 4 is 11.0 Å². The molecule has 0 radical (unpaired) electrons. The lowest BCUT2D eigenvalue weighted by molar-refractivity contribution is 0.272. The van der Waals surface area contributed by atoms with Crippen molar-refractivity contribution < 1.29 is 9.15 Å². The number of rotatable bonds is 5. The molecule has 0 atom stereocenters. The predicted molar refractivity (Wildman–Crippen MR) is 106 cm³/mol. The number of ether oxygens (including phenoxy) is 1. The van der Waals surface area contributed by atoms with Gasteiger partial charge in [0, 0.05) is 10.9 Å². The molecule has 0 bridgehead atoms. The van der Waals surface area contributed by atoms with E-state index in [1.165, 1.54) is 0 Å². The minimum Gasteiger partial charge on any atom is -0.493 e. The molecule has 0 spiro atoms. The first-order chi connectivity index (χ1) is 13.1. The van der Waals surface area contributed by atoms with E-state index >= 15 is 0 Å². The van der Waals surface area contributed by atoms with Crippen molar-refractivity contribution in [3.8, 4) is 28.5 Å². The van der Waals surface area contributed by atoms with Crippen LogP contribution < -0.4 is 10.4 Å². The molecule has 1 N–H and O–H groups in total. The number of hydrogen-bond acceptors (Lipinski definition) is 4. The van der Waals surface area contributed by atoms with Crippen molar-refractivity contribution in [1.82, 2.24) is 9.97 Å². The Morgan fingerprint density at radius 1 is 1.07 bits per heavy atom. The van der Waals surface area contributed by atoms with Gasteiger partial charge in [0.15, 0.2) is 5.76 Å². The zero-order valence-corrected chi connectivity index (χ0v) is 15.2. The van der Waals surface area contributed by atoms with Crippen LogP contribution in [0.1, 0.15) is 13.8 Å². The molecule has 0 saturated heterocycles. The quantitative estimate of drug-likeness (QED) is 0.550. The zero-order valence-electron chi connectivity index (χ0n) is 15.2. The van der Waals surface area contributed by atoms with Crippen molar-refractivity contribution in [1.29, 1.82) is 0 Å². The molecule has 4 rings (SSSR count). The zero-order chi connectivity index (χ0) is 18.8. The summed E-state index contributed by atoms with van der Waals surface area (Å²) in [5.74, 6) is 1.69. The molecule has 2 heterocycles. The highest BCUT2D eigenvalue weighted by molar-refractivity contribution is 5.82. The first-order valence-electron chi connectivity index (χ1n) is 8.92. The minimum absolute atomic E-state index is 0.403. The molecule has 0 unspecified atom stereocenters. The molecule has 0 aliphatic carbocycles. The van der Waals surface area contributed by atoms with Gasteiger partial charge in [-0.3, -0.25) is 0 Å². The number of furan rings is 1. The molecule has 0 saturated carbocycles.